The van der Waals surface area contributed by atoms with Crippen LogP contribution in [-0.2, 0) is 4.74 Å². The molecule has 17 heavy (non-hydrogen) atoms. The fourth-order valence-electron chi connectivity index (χ4n) is 2.13. The zero-order valence-electron chi connectivity index (χ0n) is 9.58. The van der Waals surface area contributed by atoms with E-state index >= 15 is 0 Å². The minimum Gasteiger partial charge on any atom is -0.495 e. The molecule has 0 aromatic heterocycles. The van der Waals surface area contributed by atoms with Gasteiger partial charge in [-0.1, -0.05) is 11.6 Å². The van der Waals surface area contributed by atoms with Gasteiger partial charge < -0.3 is 15.2 Å². The lowest BCUT2D eigenvalue weighted by atomic mass is 9.99. The molecule has 0 amide bonds. The summed E-state index contributed by atoms with van der Waals surface area (Å²) in [6, 6.07) is 3.44. The molecule has 1 aromatic carbocycles. The van der Waals surface area contributed by atoms with Crippen LogP contribution in [0.1, 0.15) is 24.4 Å². The first-order valence-corrected chi connectivity index (χ1v) is 6.70. The van der Waals surface area contributed by atoms with Gasteiger partial charge in [0.1, 0.15) is 5.75 Å². The topological polar surface area (TPSA) is 44.5 Å². The van der Waals surface area contributed by atoms with E-state index < -0.39 is 0 Å². The number of rotatable bonds is 3. The number of ether oxygens (including phenoxy) is 2. The molecule has 1 saturated heterocycles. The summed E-state index contributed by atoms with van der Waals surface area (Å²) in [4.78, 5) is 0. The average molecular weight is 321 g/mol. The summed E-state index contributed by atoms with van der Waals surface area (Å²) in [6.07, 6.45) is 2.09. The maximum atomic E-state index is 6.23. The third-order valence-electron chi connectivity index (χ3n) is 2.97. The number of halogens is 2. The molecule has 0 saturated carbocycles. The van der Waals surface area contributed by atoms with Crippen LogP contribution in [-0.4, -0.2) is 19.8 Å². The Labute approximate surface area is 114 Å². The highest BCUT2D eigenvalue weighted by Crippen LogP contribution is 2.38. The summed E-state index contributed by atoms with van der Waals surface area (Å²) in [5, 5.41) is 0.640. The Bertz CT molecular complexity index is 408. The highest BCUT2D eigenvalue weighted by Gasteiger charge is 2.27. The van der Waals surface area contributed by atoms with Crippen LogP contribution in [0, 0.1) is 0 Å². The van der Waals surface area contributed by atoms with Crippen molar-refractivity contribution in [2.75, 3.05) is 13.7 Å². The zero-order valence-corrected chi connectivity index (χ0v) is 11.9. The summed E-state index contributed by atoms with van der Waals surface area (Å²) in [5.41, 5.74) is 7.12. The van der Waals surface area contributed by atoms with Gasteiger partial charge in [0.25, 0.3) is 0 Å². The maximum Gasteiger partial charge on any atom is 0.138 e. The van der Waals surface area contributed by atoms with Crippen molar-refractivity contribution in [3.63, 3.8) is 0 Å². The van der Waals surface area contributed by atoms with E-state index in [0.717, 1.165) is 35.2 Å². The van der Waals surface area contributed by atoms with Crippen molar-refractivity contribution < 1.29 is 9.47 Å². The number of methoxy groups -OCH3 is 1. The molecule has 1 fully saturated rings. The Morgan fingerprint density at radius 1 is 1.59 bits per heavy atom. The molecular formula is C12H15BrClNO2. The summed E-state index contributed by atoms with van der Waals surface area (Å²) in [7, 11) is 1.62. The Morgan fingerprint density at radius 3 is 2.94 bits per heavy atom. The van der Waals surface area contributed by atoms with E-state index in [9.17, 15) is 0 Å². The second-order valence-electron chi connectivity index (χ2n) is 4.09. The zero-order chi connectivity index (χ0) is 12.4. The molecule has 0 aliphatic carbocycles. The van der Waals surface area contributed by atoms with Gasteiger partial charge in [-0.15, -0.1) is 0 Å². The van der Waals surface area contributed by atoms with Gasteiger partial charge in [-0.25, -0.2) is 0 Å². The lowest BCUT2D eigenvalue weighted by Crippen LogP contribution is -2.26. The molecule has 0 bridgehead atoms. The minimum atomic E-state index is -0.206. The fourth-order valence-corrected chi connectivity index (χ4v) is 3.13. The van der Waals surface area contributed by atoms with Crippen molar-refractivity contribution in [3.05, 3.63) is 27.2 Å². The van der Waals surface area contributed by atoms with Crippen LogP contribution in [0.4, 0.5) is 0 Å². The third-order valence-corrected chi connectivity index (χ3v) is 3.77. The monoisotopic (exact) mass is 319 g/mol. The summed E-state index contributed by atoms with van der Waals surface area (Å²) in [5.74, 6) is 0.734. The van der Waals surface area contributed by atoms with E-state index in [1.165, 1.54) is 0 Å². The predicted molar refractivity (Wildman–Crippen MR) is 71.6 cm³/mol. The molecule has 0 radical (unpaired) electrons. The Balaban J connectivity index is 2.35. The first-order valence-electron chi connectivity index (χ1n) is 5.53. The van der Waals surface area contributed by atoms with Crippen molar-refractivity contribution in [3.8, 4) is 5.75 Å². The predicted octanol–water partition coefficient (Wildman–Crippen LogP) is 3.29. The molecule has 2 unspecified atom stereocenters. The molecule has 2 atom stereocenters. The number of benzene rings is 1. The minimum absolute atomic E-state index is 0.0502. The van der Waals surface area contributed by atoms with Crippen LogP contribution in [0.5, 0.6) is 5.75 Å². The van der Waals surface area contributed by atoms with Gasteiger partial charge in [-0.2, -0.15) is 0 Å². The second-order valence-corrected chi connectivity index (χ2v) is 5.38. The number of hydrogen-bond donors (Lipinski definition) is 1. The first-order chi connectivity index (χ1) is 8.13. The second kappa shape index (κ2) is 5.57. The molecule has 5 heteroatoms. The van der Waals surface area contributed by atoms with Gasteiger partial charge in [0, 0.05) is 17.2 Å². The largest absolute Gasteiger partial charge is 0.495 e. The van der Waals surface area contributed by atoms with Gasteiger partial charge in [0.2, 0.25) is 0 Å². The summed E-state index contributed by atoms with van der Waals surface area (Å²) >= 11 is 9.48. The molecule has 0 spiro atoms. The fraction of sp³-hybridized carbons (Fsp3) is 0.500. The van der Waals surface area contributed by atoms with Gasteiger partial charge >= 0.3 is 0 Å². The molecule has 1 aliphatic rings. The van der Waals surface area contributed by atoms with Gasteiger partial charge in [0.05, 0.1) is 23.7 Å². The van der Waals surface area contributed by atoms with Crippen molar-refractivity contribution in [2.45, 2.75) is 25.0 Å². The molecule has 2 N–H and O–H groups in total. The molecule has 1 heterocycles. The van der Waals surface area contributed by atoms with Crippen LogP contribution in [0.2, 0.25) is 5.02 Å². The van der Waals surface area contributed by atoms with Gasteiger partial charge in [0.15, 0.2) is 0 Å². The van der Waals surface area contributed by atoms with E-state index in [1.807, 2.05) is 6.07 Å². The Morgan fingerprint density at radius 2 is 2.35 bits per heavy atom. The van der Waals surface area contributed by atoms with Gasteiger partial charge in [-0.3, -0.25) is 0 Å². The summed E-state index contributed by atoms with van der Waals surface area (Å²) in [6.45, 7) is 0.780. The van der Waals surface area contributed by atoms with E-state index in [1.54, 1.807) is 13.2 Å². The average Bonchev–Trinajstić information content (AvgIpc) is 2.80. The van der Waals surface area contributed by atoms with Gasteiger partial charge in [-0.05, 0) is 40.9 Å². The Kier molecular flexibility index (Phi) is 4.31. The van der Waals surface area contributed by atoms with Crippen LogP contribution in [0.3, 0.4) is 0 Å². The van der Waals surface area contributed by atoms with E-state index in [-0.39, 0.29) is 12.1 Å². The SMILES string of the molecule is COc1c(Br)cc(Cl)cc1C(N)C1CCCO1. The molecular weight excluding hydrogens is 305 g/mol. The highest BCUT2D eigenvalue weighted by atomic mass is 79.9. The van der Waals surface area contributed by atoms with Crippen LogP contribution < -0.4 is 10.5 Å². The van der Waals surface area contributed by atoms with Crippen molar-refractivity contribution in [1.29, 1.82) is 0 Å². The number of nitrogens with two attached hydrogens (primary N) is 1. The molecule has 94 valence electrons. The van der Waals surface area contributed by atoms with E-state index in [2.05, 4.69) is 15.9 Å². The lowest BCUT2D eigenvalue weighted by Gasteiger charge is -2.22. The molecule has 1 aliphatic heterocycles. The normalized spacial score (nSPS) is 21.5. The smallest absolute Gasteiger partial charge is 0.138 e. The molecule has 1 aromatic rings. The van der Waals surface area contributed by atoms with Crippen molar-refractivity contribution in [1.82, 2.24) is 0 Å². The molecule has 2 rings (SSSR count). The van der Waals surface area contributed by atoms with Crippen molar-refractivity contribution >= 4 is 27.5 Å². The van der Waals surface area contributed by atoms with Crippen molar-refractivity contribution in [2.24, 2.45) is 5.73 Å². The lowest BCUT2D eigenvalue weighted by molar-refractivity contribution is 0.0892. The van der Waals surface area contributed by atoms with E-state index in [0.29, 0.717) is 5.02 Å². The van der Waals surface area contributed by atoms with E-state index in [4.69, 9.17) is 26.8 Å². The quantitative estimate of drug-likeness (QED) is 0.929. The first kappa shape index (κ1) is 13.1. The van der Waals surface area contributed by atoms with Crippen LogP contribution >= 0.6 is 27.5 Å². The highest BCUT2D eigenvalue weighted by molar-refractivity contribution is 9.10. The number of hydrogen-bond acceptors (Lipinski definition) is 3. The standard InChI is InChI=1S/C12H15BrClNO2/c1-16-12-8(5-7(14)6-9(12)13)11(15)10-3-2-4-17-10/h5-6,10-11H,2-4,15H2,1H3. The van der Waals surface area contributed by atoms with Crippen LogP contribution in [0.25, 0.3) is 0 Å². The third kappa shape index (κ3) is 2.76. The maximum absolute atomic E-state index is 6.23. The molecule has 3 nitrogen and oxygen atoms in total. The van der Waals surface area contributed by atoms with Crippen LogP contribution in [0.15, 0.2) is 16.6 Å². The summed E-state index contributed by atoms with van der Waals surface area (Å²) < 4.78 is 11.8. The Hall–Kier alpha value is -0.290.